The van der Waals surface area contributed by atoms with Crippen LogP contribution in [0.15, 0.2) is 85.1 Å². The Morgan fingerprint density at radius 1 is 0.263 bits per heavy atom. The fraction of sp³-hybridized carbons (Fsp3) is 0.770. The number of esters is 3. The van der Waals surface area contributed by atoms with E-state index in [1.54, 1.807) is 0 Å². The van der Waals surface area contributed by atoms with Gasteiger partial charge in [-0.25, -0.2) is 0 Å². The van der Waals surface area contributed by atoms with Crippen LogP contribution in [-0.4, -0.2) is 37.2 Å². The molecule has 6 nitrogen and oxygen atoms in total. The molecule has 0 aromatic rings. The van der Waals surface area contributed by atoms with Gasteiger partial charge in [-0.1, -0.05) is 318 Å². The quantitative estimate of drug-likeness (QED) is 0.0261. The van der Waals surface area contributed by atoms with Gasteiger partial charge in [0.15, 0.2) is 6.10 Å². The average molecular weight is 1120 g/mol. The number of hydrogen-bond donors (Lipinski definition) is 0. The first kappa shape index (κ1) is 76.6. The molecule has 0 aromatic carbocycles. The van der Waals surface area contributed by atoms with Crippen molar-refractivity contribution in [3.8, 4) is 0 Å². The van der Waals surface area contributed by atoms with Crippen LogP contribution in [0, 0.1) is 0 Å². The van der Waals surface area contributed by atoms with Crippen molar-refractivity contribution in [2.75, 3.05) is 13.2 Å². The van der Waals surface area contributed by atoms with E-state index in [9.17, 15) is 14.4 Å². The van der Waals surface area contributed by atoms with Gasteiger partial charge in [-0.05, 0) is 96.3 Å². The summed E-state index contributed by atoms with van der Waals surface area (Å²) >= 11 is 0. The summed E-state index contributed by atoms with van der Waals surface area (Å²) < 4.78 is 16.9. The van der Waals surface area contributed by atoms with Crippen LogP contribution < -0.4 is 0 Å². The molecule has 0 spiro atoms. The lowest BCUT2D eigenvalue weighted by Gasteiger charge is -2.18. The molecule has 0 radical (unpaired) electrons. The molecule has 0 aliphatic carbocycles. The van der Waals surface area contributed by atoms with Crippen molar-refractivity contribution in [1.29, 1.82) is 0 Å². The smallest absolute Gasteiger partial charge is 0.306 e. The third kappa shape index (κ3) is 65.4. The first-order valence-electron chi connectivity index (χ1n) is 34.6. The van der Waals surface area contributed by atoms with Crippen LogP contribution in [0.3, 0.4) is 0 Å². The predicted molar refractivity (Wildman–Crippen MR) is 348 cm³/mol. The third-order valence-electron chi connectivity index (χ3n) is 15.1. The van der Waals surface area contributed by atoms with Gasteiger partial charge in [-0.3, -0.25) is 14.4 Å². The molecule has 0 aliphatic heterocycles. The number of unbranched alkanes of at least 4 members (excludes halogenated alkanes) is 38. The Kier molecular flexibility index (Phi) is 65.2. The maximum atomic E-state index is 12.9. The first-order chi connectivity index (χ1) is 39.5. The maximum Gasteiger partial charge on any atom is 0.306 e. The molecule has 0 aromatic heterocycles. The second kappa shape index (κ2) is 68.1. The highest BCUT2D eigenvalue weighted by molar-refractivity contribution is 5.71. The molecule has 0 fully saturated rings. The van der Waals surface area contributed by atoms with E-state index >= 15 is 0 Å². The molecule has 0 heterocycles. The van der Waals surface area contributed by atoms with Gasteiger partial charge in [0.2, 0.25) is 0 Å². The number of carbonyl (C=O) groups excluding carboxylic acids is 3. The van der Waals surface area contributed by atoms with Crippen molar-refractivity contribution in [3.05, 3.63) is 85.1 Å². The van der Waals surface area contributed by atoms with Gasteiger partial charge in [-0.2, -0.15) is 0 Å². The van der Waals surface area contributed by atoms with E-state index in [1.165, 1.54) is 212 Å². The van der Waals surface area contributed by atoms with Gasteiger partial charge in [0.25, 0.3) is 0 Å². The average Bonchev–Trinajstić information content (AvgIpc) is 3.46. The van der Waals surface area contributed by atoms with Crippen LogP contribution in [0.1, 0.15) is 348 Å². The van der Waals surface area contributed by atoms with E-state index in [4.69, 9.17) is 14.2 Å². The predicted octanol–water partition coefficient (Wildman–Crippen LogP) is 23.8. The summed E-state index contributed by atoms with van der Waals surface area (Å²) in [6, 6.07) is 0. The molecule has 0 rings (SSSR count). The summed E-state index contributed by atoms with van der Waals surface area (Å²) in [5.74, 6) is -0.859. The van der Waals surface area contributed by atoms with Crippen molar-refractivity contribution in [2.45, 2.75) is 354 Å². The minimum absolute atomic E-state index is 0.0720. The van der Waals surface area contributed by atoms with Gasteiger partial charge in [0, 0.05) is 19.3 Å². The second-order valence-corrected chi connectivity index (χ2v) is 23.1. The standard InChI is InChI=1S/C74H130O6/c1-4-7-10-13-16-19-22-24-26-28-30-31-32-33-34-35-36-37-38-39-40-41-42-43-45-46-48-50-52-55-58-61-64-67-73(76)79-70-71(69-78-72(75)66-63-60-57-54-21-18-15-12-9-6-3)80-74(77)68-65-62-59-56-53-51-49-47-44-29-27-25-23-20-17-14-11-8-5-2/h7,10,16,19,24-27,30-31,33-34,36-37,71H,4-6,8-9,11-15,17-18,20-23,28-29,32,35,38-70H2,1-3H3/b10-7-,19-16-,26-24-,27-25-,31-30-,34-33-,37-36-. The molecule has 0 saturated heterocycles. The molecule has 6 heteroatoms. The van der Waals surface area contributed by atoms with Crippen molar-refractivity contribution < 1.29 is 28.6 Å². The van der Waals surface area contributed by atoms with Crippen LogP contribution in [0.4, 0.5) is 0 Å². The van der Waals surface area contributed by atoms with E-state index < -0.39 is 6.10 Å². The summed E-state index contributed by atoms with van der Waals surface area (Å²) in [7, 11) is 0. The Morgan fingerprint density at radius 3 is 0.775 bits per heavy atom. The molecule has 1 unspecified atom stereocenters. The van der Waals surface area contributed by atoms with Crippen molar-refractivity contribution in [3.63, 3.8) is 0 Å². The SMILES string of the molecule is CC/C=C\C/C=C\C/C=C\C/C=C\C/C=C\C/C=C\CCCCCCCCCCCCCCCCC(=O)OCC(COC(=O)CCCCCCCCCCCC)OC(=O)CCCCCCCCCCC/C=C\CCCCCCCC. The molecule has 0 saturated carbocycles. The molecule has 462 valence electrons. The van der Waals surface area contributed by atoms with E-state index in [0.29, 0.717) is 19.3 Å². The summed E-state index contributed by atoms with van der Waals surface area (Å²) in [5, 5.41) is 0. The number of carbonyl (C=O) groups is 3. The Bertz CT molecular complexity index is 1520. The zero-order valence-corrected chi connectivity index (χ0v) is 53.1. The molecule has 0 bridgehead atoms. The Morgan fingerprint density at radius 2 is 0.487 bits per heavy atom. The monoisotopic (exact) mass is 1110 g/mol. The first-order valence-corrected chi connectivity index (χ1v) is 34.6. The zero-order chi connectivity index (χ0) is 57.8. The van der Waals surface area contributed by atoms with Crippen molar-refractivity contribution in [1.82, 2.24) is 0 Å². The fourth-order valence-electron chi connectivity index (χ4n) is 9.97. The minimum Gasteiger partial charge on any atom is -0.462 e. The van der Waals surface area contributed by atoms with Crippen LogP contribution in [0.5, 0.6) is 0 Å². The van der Waals surface area contributed by atoms with Crippen molar-refractivity contribution >= 4 is 17.9 Å². The van der Waals surface area contributed by atoms with E-state index in [1.807, 2.05) is 0 Å². The molecule has 80 heavy (non-hydrogen) atoms. The van der Waals surface area contributed by atoms with Crippen molar-refractivity contribution in [2.24, 2.45) is 0 Å². The van der Waals surface area contributed by atoms with Gasteiger partial charge in [0.05, 0.1) is 0 Å². The number of ether oxygens (including phenoxy) is 3. The van der Waals surface area contributed by atoms with Gasteiger partial charge in [0.1, 0.15) is 13.2 Å². The molecule has 0 aliphatic rings. The number of hydrogen-bond acceptors (Lipinski definition) is 6. The Hall–Kier alpha value is -3.41. The molecular formula is C74H130O6. The number of rotatable bonds is 63. The third-order valence-corrected chi connectivity index (χ3v) is 15.1. The Labute approximate surface area is 496 Å². The summed E-state index contributed by atoms with van der Waals surface area (Å²) in [4.78, 5) is 38.3. The minimum atomic E-state index is -0.775. The lowest BCUT2D eigenvalue weighted by molar-refractivity contribution is -0.167. The summed E-state index contributed by atoms with van der Waals surface area (Å²) in [6.07, 6.45) is 90.4. The van der Waals surface area contributed by atoms with Crippen LogP contribution in [0.25, 0.3) is 0 Å². The molecule has 0 N–H and O–H groups in total. The number of allylic oxidation sites excluding steroid dienone is 14. The van der Waals surface area contributed by atoms with E-state index in [2.05, 4.69) is 106 Å². The maximum absolute atomic E-state index is 12.9. The van der Waals surface area contributed by atoms with Gasteiger partial charge < -0.3 is 14.2 Å². The highest BCUT2D eigenvalue weighted by atomic mass is 16.6. The molecular weight excluding hydrogens is 985 g/mol. The highest BCUT2D eigenvalue weighted by Gasteiger charge is 2.19. The largest absolute Gasteiger partial charge is 0.462 e. The molecule has 0 amide bonds. The summed E-state index contributed by atoms with van der Waals surface area (Å²) in [6.45, 7) is 6.55. The topological polar surface area (TPSA) is 78.9 Å². The second-order valence-electron chi connectivity index (χ2n) is 23.1. The summed E-state index contributed by atoms with van der Waals surface area (Å²) in [5.41, 5.74) is 0. The molecule has 1 atom stereocenters. The normalized spacial score (nSPS) is 12.6. The zero-order valence-electron chi connectivity index (χ0n) is 53.1. The van der Waals surface area contributed by atoms with E-state index in [-0.39, 0.29) is 31.1 Å². The van der Waals surface area contributed by atoms with Crippen LogP contribution in [0.2, 0.25) is 0 Å². The van der Waals surface area contributed by atoms with Crippen LogP contribution >= 0.6 is 0 Å². The lowest BCUT2D eigenvalue weighted by Crippen LogP contribution is -2.30. The lowest BCUT2D eigenvalue weighted by atomic mass is 10.0. The highest BCUT2D eigenvalue weighted by Crippen LogP contribution is 2.17. The fourth-order valence-corrected chi connectivity index (χ4v) is 9.97. The van der Waals surface area contributed by atoms with Crippen LogP contribution in [-0.2, 0) is 28.6 Å². The Balaban J connectivity index is 4.14. The van der Waals surface area contributed by atoms with Gasteiger partial charge >= 0.3 is 17.9 Å². The van der Waals surface area contributed by atoms with E-state index in [0.717, 1.165) is 96.3 Å². The van der Waals surface area contributed by atoms with Gasteiger partial charge in [-0.15, -0.1) is 0 Å².